The average Bonchev–Trinajstić information content (AvgIpc) is 2.48. The van der Waals surface area contributed by atoms with Crippen LogP contribution in [0, 0.1) is 0 Å². The van der Waals surface area contributed by atoms with E-state index in [4.69, 9.17) is 0 Å². The number of aryl methyl sites for hydroxylation is 1. The van der Waals surface area contributed by atoms with Crippen LogP contribution < -0.4 is 4.72 Å². The Hall–Kier alpha value is -0.950. The molecular formula is C7H14N4O2S. The van der Waals surface area contributed by atoms with Gasteiger partial charge in [-0.2, -0.15) is 5.10 Å². The number of nitrogens with zero attached hydrogens (tertiary/aromatic N) is 3. The fourth-order valence-corrected chi connectivity index (χ4v) is 1.46. The first-order valence-corrected chi connectivity index (χ1v) is 5.79. The van der Waals surface area contributed by atoms with Crippen molar-refractivity contribution in [1.82, 2.24) is 19.5 Å². The molecule has 0 unspecified atom stereocenters. The lowest BCUT2D eigenvalue weighted by Crippen LogP contribution is -2.30. The van der Waals surface area contributed by atoms with Gasteiger partial charge in [0.25, 0.3) is 0 Å². The van der Waals surface area contributed by atoms with Gasteiger partial charge in [0.1, 0.15) is 6.33 Å². The topological polar surface area (TPSA) is 76.9 Å². The van der Waals surface area contributed by atoms with Gasteiger partial charge >= 0.3 is 0 Å². The van der Waals surface area contributed by atoms with Crippen LogP contribution in [-0.2, 0) is 23.6 Å². The first kappa shape index (κ1) is 11.1. The van der Waals surface area contributed by atoms with Gasteiger partial charge in [0.2, 0.25) is 10.0 Å². The van der Waals surface area contributed by atoms with E-state index in [0.717, 1.165) is 0 Å². The van der Waals surface area contributed by atoms with E-state index in [2.05, 4.69) is 14.8 Å². The van der Waals surface area contributed by atoms with Crippen molar-refractivity contribution in [3.05, 3.63) is 12.2 Å². The molecule has 1 heterocycles. The van der Waals surface area contributed by atoms with E-state index < -0.39 is 15.3 Å². The highest BCUT2D eigenvalue weighted by Gasteiger charge is 2.15. The zero-order valence-corrected chi connectivity index (χ0v) is 9.24. The van der Waals surface area contributed by atoms with Crippen molar-refractivity contribution < 1.29 is 8.42 Å². The summed E-state index contributed by atoms with van der Waals surface area (Å²) in [7, 11) is -1.50. The Morgan fingerprint density at radius 3 is 2.64 bits per heavy atom. The Kier molecular flexibility index (Phi) is 3.22. The molecule has 1 aromatic heterocycles. The number of hydrogen-bond donors (Lipinski definition) is 1. The quantitative estimate of drug-likeness (QED) is 0.749. The molecule has 1 aromatic rings. The van der Waals surface area contributed by atoms with Crippen LogP contribution in [0.2, 0.25) is 0 Å². The van der Waals surface area contributed by atoms with Crippen LogP contribution in [0.4, 0.5) is 0 Å². The molecule has 80 valence electrons. The maximum absolute atomic E-state index is 11.3. The molecule has 1 N–H and O–H groups in total. The van der Waals surface area contributed by atoms with E-state index in [-0.39, 0.29) is 6.54 Å². The molecule has 0 fully saturated rings. The molecule has 1 rings (SSSR count). The third kappa shape index (κ3) is 2.78. The summed E-state index contributed by atoms with van der Waals surface area (Å²) in [5, 5.41) is 3.51. The fraction of sp³-hybridized carbons (Fsp3) is 0.714. The van der Waals surface area contributed by atoms with Crippen LogP contribution in [0.5, 0.6) is 0 Å². The minimum Gasteiger partial charge on any atom is -0.256 e. The van der Waals surface area contributed by atoms with Gasteiger partial charge in [-0.25, -0.2) is 18.1 Å². The highest BCUT2D eigenvalue weighted by atomic mass is 32.2. The molecule has 0 bridgehead atoms. The first-order chi connectivity index (χ1) is 6.42. The summed E-state index contributed by atoms with van der Waals surface area (Å²) in [5.41, 5.74) is 0. The van der Waals surface area contributed by atoms with Gasteiger partial charge in [0, 0.05) is 7.05 Å². The minimum atomic E-state index is -3.23. The van der Waals surface area contributed by atoms with E-state index in [1.807, 2.05) is 0 Å². The lowest BCUT2D eigenvalue weighted by atomic mass is 10.6. The molecule has 0 aliphatic carbocycles. The average molecular weight is 218 g/mol. The second-order valence-corrected chi connectivity index (χ2v) is 5.57. The van der Waals surface area contributed by atoms with Gasteiger partial charge in [-0.05, 0) is 13.8 Å². The zero-order chi connectivity index (χ0) is 10.8. The molecule has 0 aliphatic heterocycles. The summed E-state index contributed by atoms with van der Waals surface area (Å²) in [6.07, 6.45) is 1.53. The Morgan fingerprint density at radius 2 is 2.21 bits per heavy atom. The van der Waals surface area contributed by atoms with Gasteiger partial charge in [-0.1, -0.05) is 0 Å². The number of nitrogens with one attached hydrogen (secondary N) is 1. The van der Waals surface area contributed by atoms with Gasteiger partial charge in [-0.15, -0.1) is 0 Å². The summed E-state index contributed by atoms with van der Waals surface area (Å²) in [4.78, 5) is 3.90. The van der Waals surface area contributed by atoms with E-state index in [1.165, 1.54) is 11.0 Å². The fourth-order valence-electron chi connectivity index (χ4n) is 0.797. The van der Waals surface area contributed by atoms with Gasteiger partial charge in [0.15, 0.2) is 5.82 Å². The minimum absolute atomic E-state index is 0.140. The lowest BCUT2D eigenvalue weighted by Gasteiger charge is -2.06. The second-order valence-electron chi connectivity index (χ2n) is 3.25. The Morgan fingerprint density at radius 1 is 1.57 bits per heavy atom. The molecule has 14 heavy (non-hydrogen) atoms. The molecule has 0 saturated heterocycles. The van der Waals surface area contributed by atoms with Crippen molar-refractivity contribution in [2.24, 2.45) is 7.05 Å². The van der Waals surface area contributed by atoms with Gasteiger partial charge in [0.05, 0.1) is 11.8 Å². The normalized spacial score (nSPS) is 12.3. The Bertz CT molecular complexity index is 396. The first-order valence-electron chi connectivity index (χ1n) is 4.25. The van der Waals surface area contributed by atoms with Crippen molar-refractivity contribution >= 4 is 10.0 Å². The zero-order valence-electron chi connectivity index (χ0n) is 8.43. The molecule has 7 heteroatoms. The number of sulfonamides is 1. The molecule has 0 aliphatic rings. The predicted octanol–water partition coefficient (Wildman–Crippen LogP) is -0.357. The van der Waals surface area contributed by atoms with Crippen molar-refractivity contribution in [3.63, 3.8) is 0 Å². The van der Waals surface area contributed by atoms with E-state index in [0.29, 0.717) is 5.82 Å². The van der Waals surface area contributed by atoms with Crippen LogP contribution in [0.1, 0.15) is 19.7 Å². The smallest absolute Gasteiger partial charge is 0.214 e. The van der Waals surface area contributed by atoms with Crippen molar-refractivity contribution in [1.29, 1.82) is 0 Å². The highest BCUT2D eigenvalue weighted by Crippen LogP contribution is 1.97. The van der Waals surface area contributed by atoms with Gasteiger partial charge in [-0.3, -0.25) is 4.68 Å². The lowest BCUT2D eigenvalue weighted by molar-refractivity contribution is 0.569. The molecule has 0 amide bonds. The van der Waals surface area contributed by atoms with Crippen molar-refractivity contribution in [2.45, 2.75) is 25.6 Å². The molecular weight excluding hydrogens is 204 g/mol. The standard InChI is InChI=1S/C7H14N4O2S/c1-6(2)14(12,13)9-4-7-8-5-11(3)10-7/h5-6,9H,4H2,1-3H3. The largest absolute Gasteiger partial charge is 0.256 e. The summed E-state index contributed by atoms with van der Waals surface area (Å²) in [6.45, 7) is 3.38. The molecule has 0 saturated carbocycles. The predicted molar refractivity (Wildman–Crippen MR) is 51.9 cm³/mol. The molecule has 0 aromatic carbocycles. The third-order valence-electron chi connectivity index (χ3n) is 1.70. The van der Waals surface area contributed by atoms with Crippen LogP contribution >= 0.6 is 0 Å². The van der Waals surface area contributed by atoms with E-state index >= 15 is 0 Å². The maximum Gasteiger partial charge on any atom is 0.214 e. The monoisotopic (exact) mass is 218 g/mol. The summed E-state index contributed by atoms with van der Waals surface area (Å²) >= 11 is 0. The van der Waals surface area contributed by atoms with E-state index in [1.54, 1.807) is 20.9 Å². The van der Waals surface area contributed by atoms with E-state index in [9.17, 15) is 8.42 Å². The van der Waals surface area contributed by atoms with Crippen molar-refractivity contribution in [3.8, 4) is 0 Å². The van der Waals surface area contributed by atoms with Crippen LogP contribution in [-0.4, -0.2) is 28.4 Å². The Labute approximate surface area is 83.4 Å². The third-order valence-corrected chi connectivity index (χ3v) is 3.49. The number of hydrogen-bond acceptors (Lipinski definition) is 4. The second kappa shape index (κ2) is 4.05. The highest BCUT2D eigenvalue weighted by molar-refractivity contribution is 7.90. The van der Waals surface area contributed by atoms with Crippen molar-refractivity contribution in [2.75, 3.05) is 0 Å². The summed E-state index contributed by atoms with van der Waals surface area (Å²) < 4.78 is 26.6. The van der Waals surface area contributed by atoms with Crippen LogP contribution in [0.3, 0.4) is 0 Å². The van der Waals surface area contributed by atoms with Gasteiger partial charge < -0.3 is 0 Å². The Balaban J connectivity index is 2.57. The number of aromatic nitrogens is 3. The molecule has 0 atom stereocenters. The summed E-state index contributed by atoms with van der Waals surface area (Å²) in [5.74, 6) is 0.469. The summed E-state index contributed by atoms with van der Waals surface area (Å²) in [6, 6.07) is 0. The maximum atomic E-state index is 11.3. The van der Waals surface area contributed by atoms with Crippen LogP contribution in [0.25, 0.3) is 0 Å². The molecule has 0 spiro atoms. The molecule has 0 radical (unpaired) electrons. The number of rotatable bonds is 4. The molecule has 6 nitrogen and oxygen atoms in total. The van der Waals surface area contributed by atoms with Crippen LogP contribution in [0.15, 0.2) is 6.33 Å². The SMILES string of the molecule is CC(C)S(=O)(=O)NCc1ncn(C)n1.